The fourth-order valence-corrected chi connectivity index (χ4v) is 1.93. The minimum absolute atomic E-state index is 0.0763. The van der Waals surface area contributed by atoms with Gasteiger partial charge in [-0.25, -0.2) is 8.78 Å². The molecule has 0 aromatic heterocycles. The Hall–Kier alpha value is -1.55. The molecule has 0 spiro atoms. The van der Waals surface area contributed by atoms with Gasteiger partial charge in [0, 0.05) is 5.56 Å². The second kappa shape index (κ2) is 4.98. The second-order valence-electron chi connectivity index (χ2n) is 3.89. The summed E-state index contributed by atoms with van der Waals surface area (Å²) >= 11 is 3.01. The van der Waals surface area contributed by atoms with E-state index in [1.54, 1.807) is 13.0 Å². The molecule has 0 bridgehead atoms. The van der Waals surface area contributed by atoms with E-state index in [1.807, 2.05) is 0 Å². The zero-order chi connectivity index (χ0) is 13.3. The lowest BCUT2D eigenvalue weighted by atomic mass is 10.0. The summed E-state index contributed by atoms with van der Waals surface area (Å²) in [4.78, 5) is 12.1. The van der Waals surface area contributed by atoms with Crippen LogP contribution < -0.4 is 0 Å². The number of aryl methyl sites for hydroxylation is 1. The average molecular weight is 311 g/mol. The molecular weight excluding hydrogens is 302 g/mol. The lowest BCUT2D eigenvalue weighted by molar-refractivity contribution is 0.103. The van der Waals surface area contributed by atoms with Crippen LogP contribution in [0.2, 0.25) is 0 Å². The van der Waals surface area contributed by atoms with Gasteiger partial charge in [-0.15, -0.1) is 0 Å². The van der Waals surface area contributed by atoms with Crippen molar-refractivity contribution in [3.63, 3.8) is 0 Å². The van der Waals surface area contributed by atoms with Gasteiger partial charge in [0.15, 0.2) is 5.78 Å². The number of carbonyl (C=O) groups excluding carboxylic acids is 1. The molecule has 0 atom stereocenters. The maximum absolute atomic E-state index is 13.8. The van der Waals surface area contributed by atoms with Crippen LogP contribution in [0, 0.1) is 18.6 Å². The number of rotatable bonds is 2. The molecule has 4 heteroatoms. The van der Waals surface area contributed by atoms with Gasteiger partial charge in [0.05, 0.1) is 10.0 Å². The summed E-state index contributed by atoms with van der Waals surface area (Å²) in [6.07, 6.45) is 0. The number of carbonyl (C=O) groups is 1. The average Bonchev–Trinajstić information content (AvgIpc) is 2.35. The molecule has 2 aromatic carbocycles. The molecule has 0 aliphatic rings. The molecule has 1 nitrogen and oxygen atoms in total. The van der Waals surface area contributed by atoms with Gasteiger partial charge in [0.25, 0.3) is 0 Å². The first-order chi connectivity index (χ1) is 8.50. The molecule has 0 radical (unpaired) electrons. The number of hydrogen-bond donors (Lipinski definition) is 0. The van der Waals surface area contributed by atoms with Gasteiger partial charge in [0.2, 0.25) is 0 Å². The Kier molecular flexibility index (Phi) is 3.57. The van der Waals surface area contributed by atoms with E-state index in [-0.39, 0.29) is 15.6 Å². The maximum Gasteiger partial charge on any atom is 0.196 e. The molecular formula is C14H9BrF2O. The molecule has 18 heavy (non-hydrogen) atoms. The van der Waals surface area contributed by atoms with Crippen molar-refractivity contribution in [3.8, 4) is 0 Å². The van der Waals surface area contributed by atoms with Gasteiger partial charge < -0.3 is 0 Å². The van der Waals surface area contributed by atoms with Crippen LogP contribution in [0.5, 0.6) is 0 Å². The molecule has 0 saturated heterocycles. The van der Waals surface area contributed by atoms with E-state index >= 15 is 0 Å². The highest BCUT2D eigenvalue weighted by atomic mass is 79.9. The van der Waals surface area contributed by atoms with Crippen LogP contribution in [-0.2, 0) is 0 Å². The van der Waals surface area contributed by atoms with Crippen molar-refractivity contribution in [2.45, 2.75) is 6.92 Å². The fraction of sp³-hybridized carbons (Fsp3) is 0.0714. The fourth-order valence-electron chi connectivity index (χ4n) is 1.57. The van der Waals surface area contributed by atoms with E-state index in [4.69, 9.17) is 0 Å². The molecule has 0 aliphatic carbocycles. The van der Waals surface area contributed by atoms with Gasteiger partial charge in [-0.05, 0) is 46.6 Å². The minimum Gasteiger partial charge on any atom is -0.288 e. The summed E-state index contributed by atoms with van der Waals surface area (Å²) in [6.45, 7) is 1.60. The summed E-state index contributed by atoms with van der Waals surface area (Å²) in [5.41, 5.74) is 0.504. The molecule has 92 valence electrons. The zero-order valence-electron chi connectivity index (χ0n) is 9.51. The molecule has 0 amide bonds. The summed E-state index contributed by atoms with van der Waals surface area (Å²) in [6, 6.07) is 8.55. The first-order valence-corrected chi connectivity index (χ1v) is 6.05. The highest BCUT2D eigenvalue weighted by molar-refractivity contribution is 9.10. The van der Waals surface area contributed by atoms with Gasteiger partial charge in [-0.2, -0.15) is 0 Å². The molecule has 0 N–H and O–H groups in total. The Labute approximate surface area is 112 Å². The van der Waals surface area contributed by atoms with Gasteiger partial charge in [0.1, 0.15) is 11.6 Å². The van der Waals surface area contributed by atoms with Crippen molar-refractivity contribution in [2.24, 2.45) is 0 Å². The van der Waals surface area contributed by atoms with E-state index in [1.165, 1.54) is 24.3 Å². The van der Waals surface area contributed by atoms with Crippen LogP contribution in [0.15, 0.2) is 40.9 Å². The second-order valence-corrected chi connectivity index (χ2v) is 4.75. The Bertz CT molecular complexity index is 623. The molecule has 0 heterocycles. The third-order valence-corrected chi connectivity index (χ3v) is 3.24. The molecule has 2 rings (SSSR count). The molecule has 0 unspecified atom stereocenters. The predicted octanol–water partition coefficient (Wildman–Crippen LogP) is 4.27. The molecule has 2 aromatic rings. The maximum atomic E-state index is 13.8. The van der Waals surface area contributed by atoms with E-state index in [0.29, 0.717) is 5.56 Å². The summed E-state index contributed by atoms with van der Waals surface area (Å²) < 4.78 is 27.3. The highest BCUT2D eigenvalue weighted by Gasteiger charge is 2.16. The molecule has 0 saturated carbocycles. The third kappa shape index (κ3) is 2.34. The standard InChI is InChI=1S/C14H9BrF2O/c1-8-5-6-9(7-12(8)16)14(18)10-3-2-4-11(15)13(10)17/h2-7H,1H3. The smallest absolute Gasteiger partial charge is 0.196 e. The number of ketones is 1. The van der Waals surface area contributed by atoms with Crippen LogP contribution in [-0.4, -0.2) is 5.78 Å². The van der Waals surface area contributed by atoms with Crippen LogP contribution in [0.1, 0.15) is 21.5 Å². The molecule has 0 aliphatic heterocycles. The van der Waals surface area contributed by atoms with Crippen molar-refractivity contribution < 1.29 is 13.6 Å². The normalized spacial score (nSPS) is 10.4. The van der Waals surface area contributed by atoms with Crippen molar-refractivity contribution in [1.29, 1.82) is 0 Å². The van der Waals surface area contributed by atoms with Crippen LogP contribution in [0.4, 0.5) is 8.78 Å². The first kappa shape index (κ1) is 12.9. The van der Waals surface area contributed by atoms with E-state index in [9.17, 15) is 13.6 Å². The quantitative estimate of drug-likeness (QED) is 0.757. The lowest BCUT2D eigenvalue weighted by Gasteiger charge is -2.05. The Morgan fingerprint density at radius 2 is 1.89 bits per heavy atom. The van der Waals surface area contributed by atoms with Crippen molar-refractivity contribution in [3.05, 3.63) is 69.2 Å². The highest BCUT2D eigenvalue weighted by Crippen LogP contribution is 2.21. The van der Waals surface area contributed by atoms with Crippen LogP contribution in [0.3, 0.4) is 0 Å². The van der Waals surface area contributed by atoms with Crippen molar-refractivity contribution in [1.82, 2.24) is 0 Å². The van der Waals surface area contributed by atoms with Crippen molar-refractivity contribution >= 4 is 21.7 Å². The lowest BCUT2D eigenvalue weighted by Crippen LogP contribution is -2.05. The first-order valence-electron chi connectivity index (χ1n) is 5.25. The van der Waals surface area contributed by atoms with Crippen molar-refractivity contribution in [2.75, 3.05) is 0 Å². The Morgan fingerprint density at radius 1 is 1.17 bits per heavy atom. The summed E-state index contributed by atoms with van der Waals surface area (Å²) in [7, 11) is 0. The van der Waals surface area contributed by atoms with E-state index < -0.39 is 17.4 Å². The van der Waals surface area contributed by atoms with E-state index in [2.05, 4.69) is 15.9 Å². The van der Waals surface area contributed by atoms with Gasteiger partial charge in [-0.3, -0.25) is 4.79 Å². The topological polar surface area (TPSA) is 17.1 Å². The van der Waals surface area contributed by atoms with Gasteiger partial charge in [-0.1, -0.05) is 18.2 Å². The summed E-state index contributed by atoms with van der Waals surface area (Å²) in [5.74, 6) is -1.65. The van der Waals surface area contributed by atoms with Crippen LogP contribution in [0.25, 0.3) is 0 Å². The zero-order valence-corrected chi connectivity index (χ0v) is 11.1. The number of halogens is 3. The van der Waals surface area contributed by atoms with Crippen LogP contribution >= 0.6 is 15.9 Å². The predicted molar refractivity (Wildman–Crippen MR) is 68.7 cm³/mol. The Morgan fingerprint density at radius 3 is 2.56 bits per heavy atom. The number of hydrogen-bond acceptors (Lipinski definition) is 1. The minimum atomic E-state index is -0.636. The number of benzene rings is 2. The summed E-state index contributed by atoms with van der Waals surface area (Å²) in [5, 5.41) is 0. The SMILES string of the molecule is Cc1ccc(C(=O)c2cccc(Br)c2F)cc1F. The Balaban J connectivity index is 2.48. The van der Waals surface area contributed by atoms with E-state index in [0.717, 1.165) is 6.07 Å². The molecule has 0 fully saturated rings. The monoisotopic (exact) mass is 310 g/mol. The van der Waals surface area contributed by atoms with Gasteiger partial charge >= 0.3 is 0 Å². The third-order valence-electron chi connectivity index (χ3n) is 2.63. The largest absolute Gasteiger partial charge is 0.288 e.